The van der Waals surface area contributed by atoms with Crippen LogP contribution in [0.15, 0.2) is 29.2 Å². The van der Waals surface area contributed by atoms with Gasteiger partial charge in [-0.1, -0.05) is 11.6 Å². The largest absolute Gasteiger partial charge is 0.395 e. The lowest BCUT2D eigenvalue weighted by Gasteiger charge is -2.19. The summed E-state index contributed by atoms with van der Waals surface area (Å²) in [6.45, 7) is 2.34. The lowest BCUT2D eigenvalue weighted by Crippen LogP contribution is -2.31. The minimum absolute atomic E-state index is 0.131. The lowest BCUT2D eigenvalue weighted by atomic mass is 10.4. The monoisotopic (exact) mass is 275 g/mol. The van der Waals surface area contributed by atoms with Gasteiger partial charge in [0.15, 0.2) is 0 Å². The van der Waals surface area contributed by atoms with Crippen LogP contribution in [0, 0.1) is 0 Å². The molecular weight excluding hydrogens is 258 g/mol. The van der Waals surface area contributed by atoms with Crippen molar-refractivity contribution in [2.75, 3.05) is 38.6 Å². The molecule has 0 aliphatic heterocycles. The molecule has 0 saturated carbocycles. The van der Waals surface area contributed by atoms with Crippen LogP contribution in [-0.4, -0.2) is 53.7 Å². The number of aliphatic hydroxyl groups excluding tert-OH is 2. The van der Waals surface area contributed by atoms with E-state index in [9.17, 15) is 0 Å². The topological polar surface area (TPSA) is 43.7 Å². The fourth-order valence-electron chi connectivity index (χ4n) is 1.44. The number of thioether (sulfide) groups is 1. The van der Waals surface area contributed by atoms with E-state index in [-0.39, 0.29) is 13.2 Å². The van der Waals surface area contributed by atoms with Crippen molar-refractivity contribution < 1.29 is 10.2 Å². The fraction of sp³-hybridized carbons (Fsp3) is 0.500. The molecule has 1 aromatic carbocycles. The Morgan fingerprint density at radius 1 is 1.00 bits per heavy atom. The van der Waals surface area contributed by atoms with E-state index in [1.54, 1.807) is 11.8 Å². The van der Waals surface area contributed by atoms with E-state index in [1.165, 1.54) is 4.90 Å². The van der Waals surface area contributed by atoms with Crippen molar-refractivity contribution in [3.8, 4) is 0 Å². The summed E-state index contributed by atoms with van der Waals surface area (Å²) < 4.78 is 0. The number of nitrogens with zero attached hydrogens (tertiary/aromatic N) is 1. The van der Waals surface area contributed by atoms with Gasteiger partial charge in [-0.25, -0.2) is 0 Å². The summed E-state index contributed by atoms with van der Waals surface area (Å²) in [7, 11) is 0. The lowest BCUT2D eigenvalue weighted by molar-refractivity contribution is 0.167. The van der Waals surface area contributed by atoms with Gasteiger partial charge in [0.1, 0.15) is 0 Å². The van der Waals surface area contributed by atoms with E-state index >= 15 is 0 Å². The predicted octanol–water partition coefficient (Wildman–Crippen LogP) is 1.72. The Bertz CT molecular complexity index is 302. The maximum Gasteiger partial charge on any atom is 0.0558 e. The van der Waals surface area contributed by atoms with Gasteiger partial charge in [0, 0.05) is 35.3 Å². The minimum Gasteiger partial charge on any atom is -0.395 e. The summed E-state index contributed by atoms with van der Waals surface area (Å²) in [4.78, 5) is 3.23. The van der Waals surface area contributed by atoms with Crippen molar-refractivity contribution in [2.24, 2.45) is 0 Å². The molecule has 0 aromatic heterocycles. The van der Waals surface area contributed by atoms with Crippen molar-refractivity contribution in [1.29, 1.82) is 0 Å². The van der Waals surface area contributed by atoms with Crippen LogP contribution in [0.4, 0.5) is 0 Å². The highest BCUT2D eigenvalue weighted by atomic mass is 35.5. The second-order valence-corrected chi connectivity index (χ2v) is 5.20. The first-order valence-electron chi connectivity index (χ1n) is 5.58. The van der Waals surface area contributed by atoms with Gasteiger partial charge in [-0.2, -0.15) is 0 Å². The number of rotatable bonds is 8. The number of benzene rings is 1. The zero-order chi connectivity index (χ0) is 12.5. The molecule has 0 atom stereocenters. The predicted molar refractivity (Wildman–Crippen MR) is 72.8 cm³/mol. The van der Waals surface area contributed by atoms with Crippen LogP contribution in [0.5, 0.6) is 0 Å². The molecule has 0 amide bonds. The molecule has 5 heteroatoms. The highest BCUT2D eigenvalue weighted by Gasteiger charge is 2.03. The van der Waals surface area contributed by atoms with E-state index in [0.717, 1.165) is 17.3 Å². The van der Waals surface area contributed by atoms with Crippen LogP contribution in [0.3, 0.4) is 0 Å². The molecule has 0 fully saturated rings. The SMILES string of the molecule is OCCN(CCO)CCSc1ccc(Cl)cc1. The van der Waals surface area contributed by atoms with Gasteiger partial charge in [-0.15, -0.1) is 11.8 Å². The van der Waals surface area contributed by atoms with Gasteiger partial charge in [0.2, 0.25) is 0 Å². The molecule has 0 unspecified atom stereocenters. The summed E-state index contributed by atoms with van der Waals surface area (Å²) in [5.41, 5.74) is 0. The first-order chi connectivity index (χ1) is 8.26. The zero-order valence-electron chi connectivity index (χ0n) is 9.68. The summed E-state index contributed by atoms with van der Waals surface area (Å²) in [5, 5.41) is 18.5. The van der Waals surface area contributed by atoms with Crippen molar-refractivity contribution in [3.05, 3.63) is 29.3 Å². The van der Waals surface area contributed by atoms with Crippen LogP contribution in [0.2, 0.25) is 5.02 Å². The number of halogens is 1. The average molecular weight is 276 g/mol. The Labute approximate surface area is 111 Å². The van der Waals surface area contributed by atoms with Gasteiger partial charge in [0.25, 0.3) is 0 Å². The van der Waals surface area contributed by atoms with E-state index in [1.807, 2.05) is 29.2 Å². The zero-order valence-corrected chi connectivity index (χ0v) is 11.3. The first-order valence-corrected chi connectivity index (χ1v) is 6.95. The number of hydrogen-bond acceptors (Lipinski definition) is 4. The van der Waals surface area contributed by atoms with Gasteiger partial charge in [-0.3, -0.25) is 4.90 Å². The summed E-state index contributed by atoms with van der Waals surface area (Å²) in [6, 6.07) is 7.75. The maximum atomic E-state index is 8.87. The van der Waals surface area contributed by atoms with Crippen molar-refractivity contribution >= 4 is 23.4 Å². The average Bonchev–Trinajstić information content (AvgIpc) is 2.32. The molecule has 0 aliphatic carbocycles. The van der Waals surface area contributed by atoms with E-state index in [4.69, 9.17) is 21.8 Å². The molecule has 0 heterocycles. The molecule has 0 saturated heterocycles. The Kier molecular flexibility index (Phi) is 7.64. The Hall–Kier alpha value is -0.260. The third kappa shape index (κ3) is 6.29. The second-order valence-electron chi connectivity index (χ2n) is 3.59. The van der Waals surface area contributed by atoms with Crippen LogP contribution in [0.1, 0.15) is 0 Å². The Morgan fingerprint density at radius 2 is 1.59 bits per heavy atom. The summed E-state index contributed by atoms with van der Waals surface area (Å²) in [5.74, 6) is 0.932. The smallest absolute Gasteiger partial charge is 0.0558 e. The van der Waals surface area contributed by atoms with Crippen LogP contribution in [0.25, 0.3) is 0 Å². The normalized spacial score (nSPS) is 11.1. The van der Waals surface area contributed by atoms with E-state index in [0.29, 0.717) is 13.1 Å². The molecule has 0 radical (unpaired) electrons. The van der Waals surface area contributed by atoms with Gasteiger partial charge in [-0.05, 0) is 24.3 Å². The standard InChI is InChI=1S/C12H18ClNO2S/c13-11-1-3-12(4-2-11)17-10-7-14(5-8-15)6-9-16/h1-4,15-16H,5-10H2. The molecule has 3 nitrogen and oxygen atoms in total. The molecule has 0 spiro atoms. The van der Waals surface area contributed by atoms with E-state index < -0.39 is 0 Å². The molecular formula is C12H18ClNO2S. The van der Waals surface area contributed by atoms with Crippen molar-refractivity contribution in [1.82, 2.24) is 4.90 Å². The molecule has 0 bridgehead atoms. The van der Waals surface area contributed by atoms with Gasteiger partial charge < -0.3 is 10.2 Å². The minimum atomic E-state index is 0.131. The Balaban J connectivity index is 2.27. The van der Waals surface area contributed by atoms with Gasteiger partial charge >= 0.3 is 0 Å². The Morgan fingerprint density at radius 3 is 2.12 bits per heavy atom. The summed E-state index contributed by atoms with van der Waals surface area (Å²) >= 11 is 7.55. The second kappa shape index (κ2) is 8.78. The van der Waals surface area contributed by atoms with Crippen molar-refractivity contribution in [3.63, 3.8) is 0 Å². The third-order valence-corrected chi connectivity index (χ3v) is 3.57. The highest BCUT2D eigenvalue weighted by molar-refractivity contribution is 7.99. The third-order valence-electron chi connectivity index (χ3n) is 2.32. The molecule has 1 rings (SSSR count). The fourth-order valence-corrected chi connectivity index (χ4v) is 2.48. The van der Waals surface area contributed by atoms with Gasteiger partial charge in [0.05, 0.1) is 13.2 Å². The number of aliphatic hydroxyl groups is 2. The van der Waals surface area contributed by atoms with Crippen LogP contribution in [-0.2, 0) is 0 Å². The molecule has 96 valence electrons. The van der Waals surface area contributed by atoms with Crippen molar-refractivity contribution in [2.45, 2.75) is 4.90 Å². The van der Waals surface area contributed by atoms with Crippen LogP contribution < -0.4 is 0 Å². The summed E-state index contributed by atoms with van der Waals surface area (Å²) in [6.07, 6.45) is 0. The maximum absolute atomic E-state index is 8.87. The highest BCUT2D eigenvalue weighted by Crippen LogP contribution is 2.20. The molecule has 17 heavy (non-hydrogen) atoms. The quantitative estimate of drug-likeness (QED) is 0.709. The first kappa shape index (κ1) is 14.8. The van der Waals surface area contributed by atoms with Crippen LogP contribution >= 0.6 is 23.4 Å². The van der Waals surface area contributed by atoms with E-state index in [2.05, 4.69) is 0 Å². The molecule has 1 aromatic rings. The molecule has 2 N–H and O–H groups in total. The number of hydrogen-bond donors (Lipinski definition) is 2. The molecule has 0 aliphatic rings.